The molecule has 0 unspecified atom stereocenters. The number of carbonyl (C=O) groups excluding carboxylic acids is 1. The van der Waals surface area contributed by atoms with Gasteiger partial charge in [-0.05, 0) is 51.0 Å². The van der Waals surface area contributed by atoms with E-state index in [9.17, 15) is 62.0 Å². The van der Waals surface area contributed by atoms with Crippen LogP contribution in [0, 0.1) is 0 Å². The Hall–Kier alpha value is -4.29. The third-order valence-electron chi connectivity index (χ3n) is 9.65. The highest BCUT2D eigenvalue weighted by atomic mass is 32.2. The molecular formula is C36H45N2O16S4+. The molecule has 2 aromatic carbocycles. The van der Waals surface area contributed by atoms with Gasteiger partial charge in [-0.3, -0.25) is 18.2 Å². The predicted molar refractivity (Wildman–Crippen MR) is 213 cm³/mol. The summed E-state index contributed by atoms with van der Waals surface area (Å²) in [6, 6.07) is 6.75. The monoisotopic (exact) mass is 889 g/mol. The fourth-order valence-electron chi connectivity index (χ4n) is 7.30. The number of aromatic carboxylic acids is 1. The molecule has 18 nitrogen and oxygen atoms in total. The molecular weight excluding hydrogens is 845 g/mol. The van der Waals surface area contributed by atoms with Gasteiger partial charge in [0.15, 0.2) is 5.71 Å². The van der Waals surface area contributed by atoms with Crippen LogP contribution < -0.4 is 4.90 Å². The van der Waals surface area contributed by atoms with Crippen LogP contribution in [-0.4, -0.2) is 116 Å². The average molecular weight is 890 g/mol. The average Bonchev–Trinajstić information content (AvgIpc) is 3.42. The number of carboxylic acid groups (broad SMARTS) is 1. The lowest BCUT2D eigenvalue weighted by molar-refractivity contribution is -0.437. The lowest BCUT2D eigenvalue weighted by Gasteiger charge is -2.27. The third-order valence-corrected chi connectivity index (χ3v) is 12.9. The molecule has 22 heteroatoms. The van der Waals surface area contributed by atoms with Crippen LogP contribution in [0.1, 0.15) is 78.8 Å². The van der Waals surface area contributed by atoms with Crippen LogP contribution in [0.15, 0.2) is 71.3 Å². The van der Waals surface area contributed by atoms with Gasteiger partial charge >= 0.3 is 11.9 Å². The summed E-state index contributed by atoms with van der Waals surface area (Å²) in [5, 5.41) is 9.97. The molecule has 2 aliphatic rings. The van der Waals surface area contributed by atoms with Crippen LogP contribution in [0.2, 0.25) is 0 Å². The summed E-state index contributed by atoms with van der Waals surface area (Å²) in [6.45, 7) is 6.51. The Morgan fingerprint density at radius 2 is 1.36 bits per heavy atom. The first-order valence-electron chi connectivity index (χ1n) is 17.6. The van der Waals surface area contributed by atoms with Gasteiger partial charge in [-0.25, -0.2) is 9.59 Å². The van der Waals surface area contributed by atoms with Crippen molar-refractivity contribution in [3.05, 3.63) is 88.7 Å². The minimum absolute atomic E-state index is 0.0212. The van der Waals surface area contributed by atoms with E-state index >= 15 is 0 Å². The first kappa shape index (κ1) is 46.4. The fourth-order valence-corrected chi connectivity index (χ4v) is 9.30. The van der Waals surface area contributed by atoms with Crippen molar-refractivity contribution in [2.24, 2.45) is 0 Å². The Morgan fingerprint density at radius 1 is 0.759 bits per heavy atom. The Balaban J connectivity index is 1.80. The van der Waals surface area contributed by atoms with Crippen molar-refractivity contribution in [2.75, 3.05) is 41.9 Å². The van der Waals surface area contributed by atoms with E-state index in [1.54, 1.807) is 60.9 Å². The van der Waals surface area contributed by atoms with E-state index in [0.717, 1.165) is 12.1 Å². The number of rotatable bonds is 18. The van der Waals surface area contributed by atoms with Crippen molar-refractivity contribution in [1.82, 2.24) is 0 Å². The normalized spacial score (nSPS) is 17.4. The number of allylic oxidation sites excluding steroid dienone is 6. The molecule has 0 saturated carbocycles. The number of anilines is 1. The summed E-state index contributed by atoms with van der Waals surface area (Å²) in [5.74, 6) is -4.15. The van der Waals surface area contributed by atoms with Crippen LogP contribution in [-0.2, 0) is 56.0 Å². The van der Waals surface area contributed by atoms with Gasteiger partial charge in [-0.2, -0.15) is 38.2 Å². The summed E-state index contributed by atoms with van der Waals surface area (Å²) in [4.78, 5) is 26.5. The fraction of sp³-hybridized carbons (Fsp3) is 0.417. The Labute approximate surface area is 337 Å². The number of hydrogen-bond acceptors (Lipinski definition) is 12. The highest BCUT2D eigenvalue weighted by Crippen LogP contribution is 2.50. The van der Waals surface area contributed by atoms with Crippen LogP contribution in [0.25, 0.3) is 0 Å². The number of esters is 1. The van der Waals surface area contributed by atoms with Crippen molar-refractivity contribution in [1.29, 1.82) is 0 Å². The molecule has 0 atom stereocenters. The second-order valence-electron chi connectivity index (χ2n) is 14.6. The second kappa shape index (κ2) is 17.1. The van der Waals surface area contributed by atoms with Crippen molar-refractivity contribution in [3.63, 3.8) is 0 Å². The zero-order valence-corrected chi connectivity index (χ0v) is 35.2. The smallest absolute Gasteiger partial charge is 0.338 e. The first-order chi connectivity index (χ1) is 26.6. The van der Waals surface area contributed by atoms with Gasteiger partial charge in [0.2, 0.25) is 5.69 Å². The number of fused-ring (bicyclic) bond motifs is 2. The van der Waals surface area contributed by atoms with Gasteiger partial charge in [0.25, 0.3) is 40.5 Å². The molecule has 318 valence electrons. The van der Waals surface area contributed by atoms with Gasteiger partial charge in [0.05, 0.1) is 50.9 Å². The molecule has 0 radical (unpaired) electrons. The molecule has 5 N–H and O–H groups in total. The Morgan fingerprint density at radius 3 is 1.95 bits per heavy atom. The van der Waals surface area contributed by atoms with E-state index in [1.807, 2.05) is 13.8 Å². The van der Waals surface area contributed by atoms with Gasteiger partial charge in [0, 0.05) is 47.5 Å². The number of carboxylic acids is 1. The molecule has 0 amide bonds. The number of carbonyl (C=O) groups is 2. The zero-order chi connectivity index (χ0) is 43.6. The molecule has 0 fully saturated rings. The number of hydrogen-bond donors (Lipinski definition) is 5. The van der Waals surface area contributed by atoms with Gasteiger partial charge in [-0.1, -0.05) is 38.1 Å². The number of ether oxygens (including phenoxy) is 1. The van der Waals surface area contributed by atoms with E-state index in [0.29, 0.717) is 22.7 Å². The van der Waals surface area contributed by atoms with Crippen LogP contribution in [0.5, 0.6) is 0 Å². The maximum Gasteiger partial charge on any atom is 0.338 e. The van der Waals surface area contributed by atoms with E-state index in [1.165, 1.54) is 11.0 Å². The van der Waals surface area contributed by atoms with Gasteiger partial charge in [0.1, 0.15) is 6.54 Å². The maximum absolute atomic E-state index is 13.4. The summed E-state index contributed by atoms with van der Waals surface area (Å²) < 4.78 is 138. The van der Waals surface area contributed by atoms with Crippen LogP contribution >= 0.6 is 0 Å². The predicted octanol–water partition coefficient (Wildman–Crippen LogP) is 3.79. The van der Waals surface area contributed by atoms with Crippen molar-refractivity contribution in [2.45, 2.75) is 62.7 Å². The third kappa shape index (κ3) is 11.0. The van der Waals surface area contributed by atoms with E-state index in [2.05, 4.69) is 0 Å². The SMILES string of the molecule is CC1(C)C(=CC=CC=CC2=[N+](CCCS(=O)(=O)O)c3cccc(C(=O)O)c3C2(C)C)N(CCCS(=O)(=O)O)c2cc(S(=O)(=O)O)cc(C(=O)OCCCS(=O)(=O)O)c21. The maximum atomic E-state index is 13.4. The molecule has 58 heavy (non-hydrogen) atoms. The van der Waals surface area contributed by atoms with Crippen molar-refractivity contribution in [3.8, 4) is 0 Å². The minimum atomic E-state index is -4.94. The van der Waals surface area contributed by atoms with E-state index in [-0.39, 0.29) is 54.7 Å². The molecule has 0 spiro atoms. The summed E-state index contributed by atoms with van der Waals surface area (Å²) >= 11 is 0. The molecule has 2 heterocycles. The quantitative estimate of drug-likeness (QED) is 0.0468. The molecule has 0 aliphatic carbocycles. The lowest BCUT2D eigenvalue weighted by atomic mass is 9.79. The topological polar surface area (TPSA) is 287 Å². The highest BCUT2D eigenvalue weighted by molar-refractivity contribution is 7.86. The second-order valence-corrected chi connectivity index (χ2v) is 20.8. The zero-order valence-electron chi connectivity index (χ0n) is 31.9. The molecule has 2 aliphatic heterocycles. The lowest BCUT2D eigenvalue weighted by Crippen LogP contribution is -2.29. The minimum Gasteiger partial charge on any atom is -0.478 e. The summed E-state index contributed by atoms with van der Waals surface area (Å²) in [6.07, 6.45) is 7.72. The van der Waals surface area contributed by atoms with Gasteiger partial charge in [-0.15, -0.1) is 0 Å². The molecule has 4 rings (SSSR count). The largest absolute Gasteiger partial charge is 0.478 e. The van der Waals surface area contributed by atoms with E-state index < -0.39 is 92.0 Å². The van der Waals surface area contributed by atoms with Crippen LogP contribution in [0.3, 0.4) is 0 Å². The molecule has 0 aromatic heterocycles. The first-order valence-corrected chi connectivity index (χ1v) is 23.9. The number of benzene rings is 2. The standard InChI is InChI=1S/C36H44N2O16S4/c1-35(2)29(37(16-9-19-55(42,43)44)27-13-8-12-25(31(27)35)33(39)40)14-6-5-7-15-30-36(3,4)32-26(34(41)54-18-11-21-57(48,49)50)22-24(58(51,52)53)23-28(32)38(30)17-10-20-56(45,46)47/h5-8,12-15,22-23H,9-11,16-21H2,1-4H3,(H4-,39,40,42,43,44,45,46,47,48,49,50,51,52,53)/p+1. The Kier molecular flexibility index (Phi) is 13.7. The van der Waals surface area contributed by atoms with Gasteiger partial charge < -0.3 is 14.7 Å². The summed E-state index contributed by atoms with van der Waals surface area (Å²) in [7, 11) is -18.0. The summed E-state index contributed by atoms with van der Waals surface area (Å²) in [5.41, 5.74) is 0.108. The van der Waals surface area contributed by atoms with Crippen molar-refractivity contribution >= 4 is 69.5 Å². The molecule has 0 saturated heterocycles. The van der Waals surface area contributed by atoms with E-state index in [4.69, 9.17) is 9.29 Å². The molecule has 0 bridgehead atoms. The van der Waals surface area contributed by atoms with Crippen LogP contribution in [0.4, 0.5) is 11.4 Å². The van der Waals surface area contributed by atoms with Crippen molar-refractivity contribution < 1.29 is 75.9 Å². The Bertz CT molecular complexity index is 2570. The highest BCUT2D eigenvalue weighted by Gasteiger charge is 2.47. The number of nitrogens with zero attached hydrogens (tertiary/aromatic N) is 2. The molecule has 2 aromatic rings.